The summed E-state index contributed by atoms with van der Waals surface area (Å²) in [6.07, 6.45) is 0.781. The third kappa shape index (κ3) is 3.44. The van der Waals surface area contributed by atoms with Crippen molar-refractivity contribution in [2.75, 3.05) is 0 Å². The van der Waals surface area contributed by atoms with Gasteiger partial charge >= 0.3 is 0 Å². The molecule has 0 saturated carbocycles. The Labute approximate surface area is 146 Å². The van der Waals surface area contributed by atoms with Crippen LogP contribution in [0.1, 0.15) is 37.7 Å². The second-order valence-corrected chi connectivity index (χ2v) is 6.27. The predicted molar refractivity (Wildman–Crippen MR) is 97.1 cm³/mol. The van der Waals surface area contributed by atoms with Crippen LogP contribution in [-0.2, 0) is 11.3 Å². The van der Waals surface area contributed by atoms with Crippen LogP contribution in [0.4, 0.5) is 0 Å². The van der Waals surface area contributed by atoms with Crippen LogP contribution >= 0.6 is 11.6 Å². The molecule has 1 amide bonds. The highest BCUT2D eigenvalue weighted by Crippen LogP contribution is 2.24. The first-order valence-corrected chi connectivity index (χ1v) is 8.43. The summed E-state index contributed by atoms with van der Waals surface area (Å²) in [5, 5.41) is 3.72. The zero-order chi connectivity index (χ0) is 17.1. The predicted octanol–water partition coefficient (Wildman–Crippen LogP) is 4.33. The van der Waals surface area contributed by atoms with Crippen LogP contribution in [0.25, 0.3) is 11.0 Å². The lowest BCUT2D eigenvalue weighted by Crippen LogP contribution is -2.28. The largest absolute Gasteiger partial charge is 0.346 e. The Balaban J connectivity index is 2.07. The molecule has 1 N–H and O–H groups in total. The third-order valence-electron chi connectivity index (χ3n) is 4.04. The van der Waals surface area contributed by atoms with Crippen LogP contribution < -0.4 is 5.32 Å². The van der Waals surface area contributed by atoms with Crippen molar-refractivity contribution >= 4 is 28.5 Å². The summed E-state index contributed by atoms with van der Waals surface area (Å²) in [7, 11) is 0. The van der Waals surface area contributed by atoms with Crippen molar-refractivity contribution < 1.29 is 4.79 Å². The van der Waals surface area contributed by atoms with Crippen molar-refractivity contribution in [1.29, 1.82) is 0 Å². The van der Waals surface area contributed by atoms with Crippen LogP contribution in [0.3, 0.4) is 0 Å². The maximum absolute atomic E-state index is 11.5. The van der Waals surface area contributed by atoms with E-state index in [1.807, 2.05) is 49.4 Å². The molecule has 4 nitrogen and oxygen atoms in total. The van der Waals surface area contributed by atoms with Gasteiger partial charge in [-0.3, -0.25) is 4.79 Å². The fourth-order valence-electron chi connectivity index (χ4n) is 2.89. The van der Waals surface area contributed by atoms with Gasteiger partial charge in [0.15, 0.2) is 0 Å². The van der Waals surface area contributed by atoms with Gasteiger partial charge in [-0.2, -0.15) is 0 Å². The number of hydrogen-bond donors (Lipinski definition) is 1. The number of para-hydroxylation sites is 2. The number of amides is 1. The number of hydrogen-bond acceptors (Lipinski definition) is 2. The van der Waals surface area contributed by atoms with E-state index >= 15 is 0 Å². The van der Waals surface area contributed by atoms with Gasteiger partial charge in [0.2, 0.25) is 5.91 Å². The lowest BCUT2D eigenvalue weighted by molar-refractivity contribution is -0.119. The van der Waals surface area contributed by atoms with Gasteiger partial charge in [0.05, 0.1) is 17.1 Å². The van der Waals surface area contributed by atoms with E-state index < -0.39 is 0 Å². The van der Waals surface area contributed by atoms with Gasteiger partial charge in [-0.05, 0) is 36.2 Å². The first kappa shape index (κ1) is 16.5. The van der Waals surface area contributed by atoms with Crippen molar-refractivity contribution in [3.05, 3.63) is 64.9 Å². The minimum absolute atomic E-state index is 0.0491. The van der Waals surface area contributed by atoms with E-state index in [1.54, 1.807) is 0 Å². The molecule has 1 aromatic heterocycles. The molecular formula is C19H20ClN3O. The van der Waals surface area contributed by atoms with Crippen molar-refractivity contribution in [2.24, 2.45) is 0 Å². The van der Waals surface area contributed by atoms with E-state index in [4.69, 9.17) is 16.6 Å². The van der Waals surface area contributed by atoms with E-state index in [0.717, 1.165) is 33.9 Å². The summed E-state index contributed by atoms with van der Waals surface area (Å²) in [5.74, 6) is 0.829. The van der Waals surface area contributed by atoms with Gasteiger partial charge in [0, 0.05) is 18.5 Å². The number of benzene rings is 2. The molecule has 3 aromatic rings. The van der Waals surface area contributed by atoms with Crippen molar-refractivity contribution in [3.8, 4) is 0 Å². The fourth-order valence-corrected chi connectivity index (χ4v) is 3.02. The lowest BCUT2D eigenvalue weighted by Gasteiger charge is -2.18. The summed E-state index contributed by atoms with van der Waals surface area (Å²) < 4.78 is 2.17. The lowest BCUT2D eigenvalue weighted by atomic mass is 10.2. The molecule has 0 bridgehead atoms. The van der Waals surface area contributed by atoms with Crippen molar-refractivity contribution in [1.82, 2.24) is 14.9 Å². The monoisotopic (exact) mass is 341 g/mol. The minimum atomic E-state index is -0.109. The Hall–Kier alpha value is -2.33. The molecule has 0 radical (unpaired) electrons. The van der Waals surface area contributed by atoms with Crippen molar-refractivity contribution in [2.45, 2.75) is 32.9 Å². The number of carbonyl (C=O) groups is 1. The van der Waals surface area contributed by atoms with Gasteiger partial charge in [-0.15, -0.1) is 0 Å². The van der Waals surface area contributed by atoms with E-state index in [2.05, 4.69) is 16.0 Å². The fraction of sp³-hybridized carbons (Fsp3) is 0.263. The number of imidazole rings is 1. The summed E-state index contributed by atoms with van der Waals surface area (Å²) in [4.78, 5) is 16.3. The summed E-state index contributed by atoms with van der Waals surface area (Å²) >= 11 is 5.98. The number of nitrogens with zero attached hydrogens (tertiary/aromatic N) is 2. The summed E-state index contributed by atoms with van der Waals surface area (Å²) in [6, 6.07) is 15.7. The molecule has 0 aliphatic carbocycles. The number of rotatable bonds is 5. The number of carbonyl (C=O) groups excluding carboxylic acids is 1. The van der Waals surface area contributed by atoms with E-state index in [1.165, 1.54) is 6.92 Å². The Bertz CT molecular complexity index is 855. The standard InChI is InChI=1S/C19H20ClN3O/c1-3-16(21-13(2)24)19-22-17-6-4-5-7-18(17)23(19)12-14-8-10-15(20)11-9-14/h4-11,16H,3,12H2,1-2H3,(H,21,24)/t16-/m1/s1. The molecule has 0 aliphatic rings. The van der Waals surface area contributed by atoms with E-state index in [-0.39, 0.29) is 11.9 Å². The number of nitrogens with one attached hydrogen (secondary N) is 1. The van der Waals surface area contributed by atoms with Crippen LogP contribution in [0.2, 0.25) is 5.02 Å². The molecule has 5 heteroatoms. The Kier molecular flexibility index (Phi) is 4.86. The highest BCUT2D eigenvalue weighted by molar-refractivity contribution is 6.30. The average molecular weight is 342 g/mol. The van der Waals surface area contributed by atoms with Gasteiger partial charge in [0.25, 0.3) is 0 Å². The molecule has 1 atom stereocenters. The molecule has 0 fully saturated rings. The second-order valence-electron chi connectivity index (χ2n) is 5.83. The van der Waals surface area contributed by atoms with Gasteiger partial charge in [-0.25, -0.2) is 4.98 Å². The smallest absolute Gasteiger partial charge is 0.217 e. The van der Waals surface area contributed by atoms with Gasteiger partial charge in [0.1, 0.15) is 5.82 Å². The van der Waals surface area contributed by atoms with Gasteiger partial charge < -0.3 is 9.88 Å². The Morgan fingerprint density at radius 3 is 2.58 bits per heavy atom. The zero-order valence-electron chi connectivity index (χ0n) is 13.8. The summed E-state index contributed by atoms with van der Waals surface area (Å²) in [6.45, 7) is 4.27. The van der Waals surface area contributed by atoms with Crippen LogP contribution in [0, 0.1) is 0 Å². The van der Waals surface area contributed by atoms with Crippen LogP contribution in [0.15, 0.2) is 48.5 Å². The molecule has 0 spiro atoms. The normalized spacial score (nSPS) is 12.3. The van der Waals surface area contributed by atoms with Crippen LogP contribution in [0.5, 0.6) is 0 Å². The Morgan fingerprint density at radius 1 is 1.21 bits per heavy atom. The first-order chi connectivity index (χ1) is 11.6. The molecule has 1 heterocycles. The maximum Gasteiger partial charge on any atom is 0.217 e. The van der Waals surface area contributed by atoms with Gasteiger partial charge in [-0.1, -0.05) is 42.8 Å². The topological polar surface area (TPSA) is 46.9 Å². The minimum Gasteiger partial charge on any atom is -0.346 e. The highest BCUT2D eigenvalue weighted by Gasteiger charge is 2.19. The first-order valence-electron chi connectivity index (χ1n) is 8.05. The molecule has 3 rings (SSSR count). The molecule has 0 saturated heterocycles. The molecule has 2 aromatic carbocycles. The average Bonchev–Trinajstić information content (AvgIpc) is 2.93. The molecule has 0 aliphatic heterocycles. The number of fused-ring (bicyclic) bond motifs is 1. The number of halogens is 1. The summed E-state index contributed by atoms with van der Waals surface area (Å²) in [5.41, 5.74) is 3.14. The number of aromatic nitrogens is 2. The maximum atomic E-state index is 11.5. The highest BCUT2D eigenvalue weighted by atomic mass is 35.5. The SMILES string of the molecule is CC[C@@H](NC(C)=O)c1nc2ccccc2n1Cc1ccc(Cl)cc1. The quantitative estimate of drug-likeness (QED) is 0.751. The van der Waals surface area contributed by atoms with Crippen molar-refractivity contribution in [3.63, 3.8) is 0 Å². The zero-order valence-corrected chi connectivity index (χ0v) is 14.5. The second kappa shape index (κ2) is 7.05. The van der Waals surface area contributed by atoms with E-state index in [9.17, 15) is 4.79 Å². The van der Waals surface area contributed by atoms with Crippen LogP contribution in [-0.4, -0.2) is 15.5 Å². The molecular weight excluding hydrogens is 322 g/mol. The Morgan fingerprint density at radius 2 is 1.92 bits per heavy atom. The third-order valence-corrected chi connectivity index (χ3v) is 4.29. The molecule has 124 valence electrons. The molecule has 24 heavy (non-hydrogen) atoms. The molecule has 0 unspecified atom stereocenters. The van der Waals surface area contributed by atoms with E-state index in [0.29, 0.717) is 6.54 Å².